The third-order valence-corrected chi connectivity index (χ3v) is 3.51. The highest BCUT2D eigenvalue weighted by molar-refractivity contribution is 5.20. The average Bonchev–Trinajstić information content (AvgIpc) is 2.42. The molecule has 0 radical (unpaired) electrons. The fourth-order valence-corrected chi connectivity index (χ4v) is 2.39. The standard InChI is InChI=1S/C17H25N/c1-2-3-4-5-6-8-13-17(14-15-18)16-11-9-7-10-12-16/h7,9-12,17H,2-6,8,13-14H2,1H3. The summed E-state index contributed by atoms with van der Waals surface area (Å²) in [6.45, 7) is 2.25. The molecule has 1 heteroatoms. The predicted molar refractivity (Wildman–Crippen MR) is 77.4 cm³/mol. The molecule has 1 nitrogen and oxygen atoms in total. The summed E-state index contributed by atoms with van der Waals surface area (Å²) in [5, 5.41) is 8.92. The van der Waals surface area contributed by atoms with E-state index in [1.165, 1.54) is 44.1 Å². The van der Waals surface area contributed by atoms with Crippen molar-refractivity contribution in [2.45, 2.75) is 64.2 Å². The van der Waals surface area contributed by atoms with Crippen LogP contribution in [0.1, 0.15) is 69.8 Å². The van der Waals surface area contributed by atoms with E-state index in [1.54, 1.807) is 0 Å². The summed E-state index contributed by atoms with van der Waals surface area (Å²) in [6, 6.07) is 12.8. The van der Waals surface area contributed by atoms with Gasteiger partial charge in [0.25, 0.3) is 0 Å². The molecule has 0 aliphatic carbocycles. The van der Waals surface area contributed by atoms with E-state index in [0.717, 1.165) is 6.42 Å². The minimum atomic E-state index is 0.433. The molecule has 1 unspecified atom stereocenters. The Kier molecular flexibility index (Phi) is 7.97. The molecule has 98 valence electrons. The van der Waals surface area contributed by atoms with Crippen LogP contribution in [0.3, 0.4) is 0 Å². The fraction of sp³-hybridized carbons (Fsp3) is 0.588. The molecule has 1 aromatic rings. The van der Waals surface area contributed by atoms with Gasteiger partial charge in [-0.25, -0.2) is 0 Å². The summed E-state index contributed by atoms with van der Waals surface area (Å²) in [6.07, 6.45) is 9.76. The lowest BCUT2D eigenvalue weighted by Crippen LogP contribution is -1.98. The molecule has 18 heavy (non-hydrogen) atoms. The zero-order chi connectivity index (χ0) is 13.1. The topological polar surface area (TPSA) is 23.8 Å². The highest BCUT2D eigenvalue weighted by atomic mass is 14.3. The Morgan fingerprint density at radius 3 is 2.33 bits per heavy atom. The lowest BCUT2D eigenvalue weighted by atomic mass is 9.90. The van der Waals surface area contributed by atoms with Gasteiger partial charge in [0, 0.05) is 6.42 Å². The lowest BCUT2D eigenvalue weighted by molar-refractivity contribution is 0.542. The van der Waals surface area contributed by atoms with Crippen molar-refractivity contribution >= 4 is 0 Å². The number of nitriles is 1. The van der Waals surface area contributed by atoms with Gasteiger partial charge in [-0.05, 0) is 17.9 Å². The van der Waals surface area contributed by atoms with Crippen LogP contribution in [0.4, 0.5) is 0 Å². The first-order chi connectivity index (χ1) is 8.88. The fourth-order valence-electron chi connectivity index (χ4n) is 2.39. The predicted octanol–water partition coefficient (Wildman–Crippen LogP) is 5.43. The second-order valence-corrected chi connectivity index (χ2v) is 5.03. The zero-order valence-corrected chi connectivity index (χ0v) is 11.6. The van der Waals surface area contributed by atoms with Gasteiger partial charge in [-0.1, -0.05) is 75.8 Å². The Labute approximate surface area is 112 Å². The van der Waals surface area contributed by atoms with E-state index in [-0.39, 0.29) is 0 Å². The second-order valence-electron chi connectivity index (χ2n) is 5.03. The first-order valence-electron chi connectivity index (χ1n) is 7.30. The zero-order valence-electron chi connectivity index (χ0n) is 11.6. The van der Waals surface area contributed by atoms with Crippen molar-refractivity contribution < 1.29 is 0 Å². The summed E-state index contributed by atoms with van der Waals surface area (Å²) >= 11 is 0. The molecule has 1 rings (SSSR count). The molecule has 0 N–H and O–H groups in total. The van der Waals surface area contributed by atoms with E-state index >= 15 is 0 Å². The molecule has 0 saturated heterocycles. The number of hydrogen-bond acceptors (Lipinski definition) is 1. The third-order valence-electron chi connectivity index (χ3n) is 3.51. The average molecular weight is 243 g/mol. The smallest absolute Gasteiger partial charge is 0.0628 e. The van der Waals surface area contributed by atoms with Crippen LogP contribution in [0.25, 0.3) is 0 Å². The van der Waals surface area contributed by atoms with E-state index in [4.69, 9.17) is 5.26 Å². The van der Waals surface area contributed by atoms with E-state index in [9.17, 15) is 0 Å². The monoisotopic (exact) mass is 243 g/mol. The van der Waals surface area contributed by atoms with Crippen LogP contribution in [-0.2, 0) is 0 Å². The van der Waals surface area contributed by atoms with Gasteiger partial charge in [-0.2, -0.15) is 5.26 Å². The number of unbranched alkanes of at least 4 members (excludes halogenated alkanes) is 5. The Morgan fingerprint density at radius 1 is 1.00 bits per heavy atom. The summed E-state index contributed by atoms with van der Waals surface area (Å²) < 4.78 is 0. The molecular weight excluding hydrogens is 218 g/mol. The van der Waals surface area contributed by atoms with Crippen LogP contribution in [0, 0.1) is 11.3 Å². The largest absolute Gasteiger partial charge is 0.198 e. The number of hydrogen-bond donors (Lipinski definition) is 0. The summed E-state index contributed by atoms with van der Waals surface area (Å²) in [7, 11) is 0. The van der Waals surface area contributed by atoms with Gasteiger partial charge >= 0.3 is 0 Å². The summed E-state index contributed by atoms with van der Waals surface area (Å²) in [5.41, 5.74) is 1.33. The van der Waals surface area contributed by atoms with Gasteiger partial charge in [-0.3, -0.25) is 0 Å². The molecule has 0 aliphatic heterocycles. The molecule has 0 amide bonds. The highest BCUT2D eigenvalue weighted by Gasteiger charge is 2.10. The van der Waals surface area contributed by atoms with Crippen molar-refractivity contribution in [3.05, 3.63) is 35.9 Å². The first-order valence-corrected chi connectivity index (χ1v) is 7.30. The van der Waals surface area contributed by atoms with E-state index in [1.807, 2.05) is 6.07 Å². The van der Waals surface area contributed by atoms with Crippen molar-refractivity contribution in [3.8, 4) is 6.07 Å². The van der Waals surface area contributed by atoms with Crippen molar-refractivity contribution in [1.82, 2.24) is 0 Å². The van der Waals surface area contributed by atoms with Gasteiger partial charge in [-0.15, -0.1) is 0 Å². The maximum absolute atomic E-state index is 8.92. The van der Waals surface area contributed by atoms with Crippen molar-refractivity contribution in [1.29, 1.82) is 5.26 Å². The molecule has 0 aromatic heterocycles. The minimum Gasteiger partial charge on any atom is -0.198 e. The number of rotatable bonds is 9. The van der Waals surface area contributed by atoms with Crippen LogP contribution >= 0.6 is 0 Å². The van der Waals surface area contributed by atoms with Crippen molar-refractivity contribution in [2.75, 3.05) is 0 Å². The van der Waals surface area contributed by atoms with E-state index in [2.05, 4.69) is 37.3 Å². The molecule has 0 bridgehead atoms. The van der Waals surface area contributed by atoms with Crippen LogP contribution < -0.4 is 0 Å². The Bertz CT molecular complexity index is 336. The van der Waals surface area contributed by atoms with E-state index < -0.39 is 0 Å². The second kappa shape index (κ2) is 9.71. The first kappa shape index (κ1) is 14.8. The maximum atomic E-state index is 8.92. The van der Waals surface area contributed by atoms with E-state index in [0.29, 0.717) is 12.3 Å². The van der Waals surface area contributed by atoms with Crippen molar-refractivity contribution in [2.24, 2.45) is 0 Å². The molecular formula is C17H25N. The molecule has 1 aromatic carbocycles. The van der Waals surface area contributed by atoms with Gasteiger partial charge in [0.15, 0.2) is 0 Å². The Balaban J connectivity index is 2.29. The number of nitrogens with zero attached hydrogens (tertiary/aromatic N) is 1. The lowest BCUT2D eigenvalue weighted by Gasteiger charge is -2.13. The molecule has 0 aliphatic rings. The Morgan fingerprint density at radius 2 is 1.67 bits per heavy atom. The van der Waals surface area contributed by atoms with Crippen LogP contribution in [-0.4, -0.2) is 0 Å². The SMILES string of the molecule is CCCCCCCCC(CC#N)c1ccccc1. The van der Waals surface area contributed by atoms with Gasteiger partial charge in [0.1, 0.15) is 0 Å². The summed E-state index contributed by atoms with van der Waals surface area (Å²) in [5.74, 6) is 0.433. The molecule has 1 atom stereocenters. The molecule has 0 heterocycles. The highest BCUT2D eigenvalue weighted by Crippen LogP contribution is 2.25. The molecule has 0 saturated carbocycles. The number of benzene rings is 1. The van der Waals surface area contributed by atoms with Crippen LogP contribution in [0.5, 0.6) is 0 Å². The normalized spacial score (nSPS) is 12.0. The van der Waals surface area contributed by atoms with Gasteiger partial charge in [0.05, 0.1) is 6.07 Å². The molecule has 0 spiro atoms. The van der Waals surface area contributed by atoms with Crippen molar-refractivity contribution in [3.63, 3.8) is 0 Å². The summed E-state index contributed by atoms with van der Waals surface area (Å²) in [4.78, 5) is 0. The Hall–Kier alpha value is -1.29. The van der Waals surface area contributed by atoms with Crippen LogP contribution in [0.15, 0.2) is 30.3 Å². The van der Waals surface area contributed by atoms with Crippen LogP contribution in [0.2, 0.25) is 0 Å². The molecule has 0 fully saturated rings. The maximum Gasteiger partial charge on any atom is 0.0628 e. The quantitative estimate of drug-likeness (QED) is 0.530. The minimum absolute atomic E-state index is 0.433. The third kappa shape index (κ3) is 5.87. The van der Waals surface area contributed by atoms with Gasteiger partial charge < -0.3 is 0 Å². The van der Waals surface area contributed by atoms with Gasteiger partial charge in [0.2, 0.25) is 0 Å².